The summed E-state index contributed by atoms with van der Waals surface area (Å²) in [6, 6.07) is 15.9. The van der Waals surface area contributed by atoms with Crippen LogP contribution in [0.2, 0.25) is 0 Å². The SMILES string of the molecule is Cc1ccc2nnc(C#N)c(Nc3ccc(-n4ccnc4)cc3)c2c1. The number of anilines is 2. The molecule has 0 saturated heterocycles. The number of fused-ring (bicyclic) bond motifs is 1. The van der Waals surface area contributed by atoms with Crippen LogP contribution in [0.15, 0.2) is 61.2 Å². The van der Waals surface area contributed by atoms with Crippen molar-refractivity contribution in [1.82, 2.24) is 19.7 Å². The van der Waals surface area contributed by atoms with Crippen LogP contribution in [0.1, 0.15) is 11.3 Å². The average molecular weight is 326 g/mol. The van der Waals surface area contributed by atoms with Crippen LogP contribution >= 0.6 is 0 Å². The Labute approximate surface area is 144 Å². The molecule has 0 radical (unpaired) electrons. The molecule has 120 valence electrons. The zero-order valence-electron chi connectivity index (χ0n) is 13.5. The third-order valence-corrected chi connectivity index (χ3v) is 3.96. The van der Waals surface area contributed by atoms with Crippen molar-refractivity contribution >= 4 is 22.3 Å². The lowest BCUT2D eigenvalue weighted by molar-refractivity contribution is 1.05. The van der Waals surface area contributed by atoms with Crippen LogP contribution in [0, 0.1) is 18.3 Å². The van der Waals surface area contributed by atoms with Crippen LogP contribution in [0.3, 0.4) is 0 Å². The second kappa shape index (κ2) is 6.06. The van der Waals surface area contributed by atoms with Crippen molar-refractivity contribution in [2.75, 3.05) is 5.32 Å². The lowest BCUT2D eigenvalue weighted by atomic mass is 10.1. The molecular formula is C19H14N6. The van der Waals surface area contributed by atoms with Gasteiger partial charge in [-0.05, 0) is 43.3 Å². The first kappa shape index (κ1) is 14.8. The second-order valence-corrected chi connectivity index (χ2v) is 5.70. The molecule has 0 bridgehead atoms. The van der Waals surface area contributed by atoms with E-state index in [0.29, 0.717) is 5.69 Å². The number of rotatable bonds is 3. The van der Waals surface area contributed by atoms with Crippen molar-refractivity contribution in [3.63, 3.8) is 0 Å². The van der Waals surface area contributed by atoms with Gasteiger partial charge in [0.25, 0.3) is 0 Å². The highest BCUT2D eigenvalue weighted by molar-refractivity contribution is 5.95. The Morgan fingerprint density at radius 2 is 1.92 bits per heavy atom. The van der Waals surface area contributed by atoms with Crippen LogP contribution in [0.25, 0.3) is 16.6 Å². The molecule has 2 heterocycles. The summed E-state index contributed by atoms with van der Waals surface area (Å²) >= 11 is 0. The Morgan fingerprint density at radius 3 is 2.64 bits per heavy atom. The zero-order valence-corrected chi connectivity index (χ0v) is 13.5. The zero-order chi connectivity index (χ0) is 17.2. The molecule has 0 aliphatic rings. The molecule has 2 aromatic heterocycles. The molecule has 4 aromatic rings. The molecule has 25 heavy (non-hydrogen) atoms. The van der Waals surface area contributed by atoms with Crippen LogP contribution in [-0.2, 0) is 0 Å². The minimum Gasteiger partial charge on any atom is -0.353 e. The van der Waals surface area contributed by atoms with Gasteiger partial charge in [0, 0.05) is 29.2 Å². The summed E-state index contributed by atoms with van der Waals surface area (Å²) in [7, 11) is 0. The summed E-state index contributed by atoms with van der Waals surface area (Å²) in [5.41, 5.74) is 4.68. The van der Waals surface area contributed by atoms with Gasteiger partial charge in [0.2, 0.25) is 0 Å². The fourth-order valence-corrected chi connectivity index (χ4v) is 2.70. The van der Waals surface area contributed by atoms with Gasteiger partial charge in [0.1, 0.15) is 6.07 Å². The number of nitriles is 1. The highest BCUT2D eigenvalue weighted by Gasteiger charge is 2.11. The number of aryl methyl sites for hydroxylation is 1. The maximum atomic E-state index is 9.39. The Kier molecular flexibility index (Phi) is 3.60. The lowest BCUT2D eigenvalue weighted by Crippen LogP contribution is -2.00. The number of nitrogens with zero attached hydrogens (tertiary/aromatic N) is 5. The molecule has 2 aromatic carbocycles. The number of benzene rings is 2. The fraction of sp³-hybridized carbons (Fsp3) is 0.0526. The topological polar surface area (TPSA) is 79.4 Å². The van der Waals surface area contributed by atoms with Crippen LogP contribution in [0.5, 0.6) is 0 Å². The third kappa shape index (κ3) is 2.79. The number of aromatic nitrogens is 4. The Morgan fingerprint density at radius 1 is 1.08 bits per heavy atom. The standard InChI is InChI=1S/C19H14N6/c1-13-2-7-17-16(10-13)19(18(11-20)24-23-17)22-14-3-5-15(6-4-14)25-9-8-21-12-25/h2-10,12H,1H3,(H,22,23). The molecule has 0 fully saturated rings. The van der Waals surface area contributed by atoms with Crippen molar-refractivity contribution in [3.05, 3.63) is 72.4 Å². The van der Waals surface area contributed by atoms with E-state index in [9.17, 15) is 5.26 Å². The van der Waals surface area contributed by atoms with Crippen molar-refractivity contribution in [2.45, 2.75) is 6.92 Å². The highest BCUT2D eigenvalue weighted by Crippen LogP contribution is 2.28. The molecule has 0 amide bonds. The summed E-state index contributed by atoms with van der Waals surface area (Å²) in [4.78, 5) is 4.05. The van der Waals surface area contributed by atoms with E-state index < -0.39 is 0 Å². The first-order valence-electron chi connectivity index (χ1n) is 7.77. The Bertz CT molecular complexity index is 1080. The van der Waals surface area contributed by atoms with Crippen LogP contribution in [-0.4, -0.2) is 19.7 Å². The van der Waals surface area contributed by atoms with E-state index in [1.807, 2.05) is 60.2 Å². The molecule has 0 aliphatic carbocycles. The van der Waals surface area contributed by atoms with Crippen molar-refractivity contribution in [1.29, 1.82) is 5.26 Å². The summed E-state index contributed by atoms with van der Waals surface area (Å²) < 4.78 is 1.93. The molecule has 4 rings (SSSR count). The summed E-state index contributed by atoms with van der Waals surface area (Å²) in [5, 5.41) is 21.7. The largest absolute Gasteiger partial charge is 0.353 e. The van der Waals surface area contributed by atoms with Crippen molar-refractivity contribution < 1.29 is 0 Å². The molecule has 6 nitrogen and oxygen atoms in total. The van der Waals surface area contributed by atoms with E-state index in [1.165, 1.54) is 0 Å². The first-order chi connectivity index (χ1) is 12.2. The van der Waals surface area contributed by atoms with E-state index >= 15 is 0 Å². The van der Waals surface area contributed by atoms with E-state index in [2.05, 4.69) is 26.6 Å². The minimum atomic E-state index is 0.275. The van der Waals surface area contributed by atoms with E-state index in [4.69, 9.17) is 0 Å². The maximum absolute atomic E-state index is 9.39. The summed E-state index contributed by atoms with van der Waals surface area (Å²) in [6.07, 6.45) is 5.38. The van der Waals surface area contributed by atoms with Gasteiger partial charge in [-0.1, -0.05) is 11.6 Å². The quantitative estimate of drug-likeness (QED) is 0.620. The molecule has 0 saturated carbocycles. The number of hydrogen-bond donors (Lipinski definition) is 1. The highest BCUT2D eigenvalue weighted by atomic mass is 15.1. The van der Waals surface area contributed by atoms with Gasteiger partial charge in [-0.3, -0.25) is 0 Å². The first-order valence-corrected chi connectivity index (χ1v) is 7.77. The summed E-state index contributed by atoms with van der Waals surface area (Å²) in [6.45, 7) is 2.01. The van der Waals surface area contributed by atoms with Gasteiger partial charge in [-0.25, -0.2) is 4.98 Å². The van der Waals surface area contributed by atoms with Crippen LogP contribution < -0.4 is 5.32 Å². The third-order valence-electron chi connectivity index (χ3n) is 3.96. The van der Waals surface area contributed by atoms with Gasteiger partial charge < -0.3 is 9.88 Å². The monoisotopic (exact) mass is 326 g/mol. The average Bonchev–Trinajstić information content (AvgIpc) is 3.17. The van der Waals surface area contributed by atoms with Crippen molar-refractivity contribution in [2.24, 2.45) is 0 Å². The lowest BCUT2D eigenvalue weighted by Gasteiger charge is -2.11. The predicted octanol–water partition coefficient (Wildman–Crippen LogP) is 3.74. The normalized spacial score (nSPS) is 10.6. The predicted molar refractivity (Wildman–Crippen MR) is 95.8 cm³/mol. The molecule has 6 heteroatoms. The van der Waals surface area contributed by atoms with E-state index in [1.54, 1.807) is 12.5 Å². The van der Waals surface area contributed by atoms with Crippen molar-refractivity contribution in [3.8, 4) is 11.8 Å². The van der Waals surface area contributed by atoms with Gasteiger partial charge in [0.05, 0.1) is 17.5 Å². The van der Waals surface area contributed by atoms with Gasteiger partial charge in [-0.2, -0.15) is 5.26 Å². The maximum Gasteiger partial charge on any atom is 0.187 e. The van der Waals surface area contributed by atoms with E-state index in [-0.39, 0.29) is 5.69 Å². The van der Waals surface area contributed by atoms with Crippen LogP contribution in [0.4, 0.5) is 11.4 Å². The molecule has 0 aliphatic heterocycles. The Balaban J connectivity index is 1.75. The number of hydrogen-bond acceptors (Lipinski definition) is 5. The number of imidazole rings is 1. The van der Waals surface area contributed by atoms with Gasteiger partial charge in [-0.15, -0.1) is 10.2 Å². The molecular weight excluding hydrogens is 312 g/mol. The van der Waals surface area contributed by atoms with Gasteiger partial charge in [0.15, 0.2) is 5.69 Å². The van der Waals surface area contributed by atoms with Gasteiger partial charge >= 0.3 is 0 Å². The molecule has 1 N–H and O–H groups in total. The molecule has 0 atom stereocenters. The summed E-state index contributed by atoms with van der Waals surface area (Å²) in [5.74, 6) is 0. The smallest absolute Gasteiger partial charge is 0.187 e. The fourth-order valence-electron chi connectivity index (χ4n) is 2.70. The number of nitrogens with one attached hydrogen (secondary N) is 1. The van der Waals surface area contributed by atoms with E-state index in [0.717, 1.165) is 27.8 Å². The Hall–Kier alpha value is -3.72. The molecule has 0 spiro atoms. The second-order valence-electron chi connectivity index (χ2n) is 5.70. The minimum absolute atomic E-state index is 0.275. The molecule has 0 unspecified atom stereocenters.